The van der Waals surface area contributed by atoms with Crippen LogP contribution in [0.3, 0.4) is 0 Å². The second-order valence-electron chi connectivity index (χ2n) is 3.82. The highest BCUT2D eigenvalue weighted by atomic mass is 16.8. The summed E-state index contributed by atoms with van der Waals surface area (Å²) in [7, 11) is 1.32. The Balaban J connectivity index is 2.12. The molecule has 2 fully saturated rings. The van der Waals surface area contributed by atoms with Crippen molar-refractivity contribution in [3.8, 4) is 0 Å². The SMILES string of the molecule is COC(=O)[C@@H]1O[C@H](C)O[C@@H]2CO[C@H](C)O[C@H]21. The van der Waals surface area contributed by atoms with Crippen molar-refractivity contribution in [2.45, 2.75) is 44.7 Å². The molecule has 0 spiro atoms. The highest BCUT2D eigenvalue weighted by Gasteiger charge is 2.46. The van der Waals surface area contributed by atoms with Crippen LogP contribution in [0.5, 0.6) is 0 Å². The number of hydrogen-bond donors (Lipinski definition) is 0. The average molecular weight is 232 g/mol. The first-order valence-electron chi connectivity index (χ1n) is 5.27. The summed E-state index contributed by atoms with van der Waals surface area (Å²) in [5, 5.41) is 0. The second-order valence-corrected chi connectivity index (χ2v) is 3.82. The number of hydrogen-bond acceptors (Lipinski definition) is 6. The molecule has 0 unspecified atom stereocenters. The zero-order chi connectivity index (χ0) is 11.7. The van der Waals surface area contributed by atoms with Crippen molar-refractivity contribution >= 4 is 5.97 Å². The van der Waals surface area contributed by atoms with Gasteiger partial charge in [-0.25, -0.2) is 4.79 Å². The van der Waals surface area contributed by atoms with Crippen LogP contribution in [0.25, 0.3) is 0 Å². The molecule has 0 saturated carbocycles. The number of carbonyl (C=O) groups excluding carboxylic acids is 1. The largest absolute Gasteiger partial charge is 0.467 e. The first-order chi connectivity index (χ1) is 7.61. The molecule has 6 nitrogen and oxygen atoms in total. The highest BCUT2D eigenvalue weighted by molar-refractivity contribution is 5.75. The van der Waals surface area contributed by atoms with E-state index < -0.39 is 24.5 Å². The minimum Gasteiger partial charge on any atom is -0.467 e. The molecule has 2 rings (SSSR count). The van der Waals surface area contributed by atoms with Crippen LogP contribution in [0.4, 0.5) is 0 Å². The summed E-state index contributed by atoms with van der Waals surface area (Å²) in [4.78, 5) is 11.6. The summed E-state index contributed by atoms with van der Waals surface area (Å²) >= 11 is 0. The smallest absolute Gasteiger partial charge is 0.337 e. The van der Waals surface area contributed by atoms with Gasteiger partial charge in [0.15, 0.2) is 18.7 Å². The molecule has 5 atom stereocenters. The fourth-order valence-corrected chi connectivity index (χ4v) is 1.92. The van der Waals surface area contributed by atoms with Crippen LogP contribution >= 0.6 is 0 Å². The molecule has 0 amide bonds. The molecule has 0 aromatic heterocycles. The zero-order valence-electron chi connectivity index (χ0n) is 9.54. The van der Waals surface area contributed by atoms with Gasteiger partial charge in [0.25, 0.3) is 0 Å². The summed E-state index contributed by atoms with van der Waals surface area (Å²) in [6, 6.07) is 0. The van der Waals surface area contributed by atoms with Crippen LogP contribution in [-0.4, -0.2) is 50.6 Å². The van der Waals surface area contributed by atoms with E-state index in [0.717, 1.165) is 0 Å². The van der Waals surface area contributed by atoms with Crippen molar-refractivity contribution in [3.63, 3.8) is 0 Å². The van der Waals surface area contributed by atoms with Crippen LogP contribution in [-0.2, 0) is 28.5 Å². The quantitative estimate of drug-likeness (QED) is 0.595. The van der Waals surface area contributed by atoms with Crippen LogP contribution in [0, 0.1) is 0 Å². The maximum absolute atomic E-state index is 11.6. The Morgan fingerprint density at radius 3 is 2.62 bits per heavy atom. The fourth-order valence-electron chi connectivity index (χ4n) is 1.92. The Morgan fingerprint density at radius 2 is 1.94 bits per heavy atom. The van der Waals surface area contributed by atoms with E-state index in [4.69, 9.17) is 18.9 Å². The predicted octanol–water partition coefficient (Wildman–Crippen LogP) is 0.0508. The molecular formula is C10H16O6. The van der Waals surface area contributed by atoms with Crippen molar-refractivity contribution in [1.29, 1.82) is 0 Å². The summed E-state index contributed by atoms with van der Waals surface area (Å²) in [5.74, 6) is -0.445. The second kappa shape index (κ2) is 4.67. The molecular weight excluding hydrogens is 216 g/mol. The summed E-state index contributed by atoms with van der Waals surface area (Å²) < 4.78 is 26.3. The zero-order valence-corrected chi connectivity index (χ0v) is 9.54. The molecule has 0 aromatic rings. The van der Waals surface area contributed by atoms with E-state index in [1.54, 1.807) is 13.8 Å². The molecule has 0 bridgehead atoms. The minimum atomic E-state index is -0.745. The lowest BCUT2D eigenvalue weighted by Gasteiger charge is -2.43. The number of fused-ring (bicyclic) bond motifs is 1. The van der Waals surface area contributed by atoms with Crippen LogP contribution < -0.4 is 0 Å². The first kappa shape index (κ1) is 11.8. The van der Waals surface area contributed by atoms with Crippen molar-refractivity contribution in [2.75, 3.05) is 13.7 Å². The van der Waals surface area contributed by atoms with E-state index in [2.05, 4.69) is 4.74 Å². The molecule has 6 heteroatoms. The third kappa shape index (κ3) is 2.20. The van der Waals surface area contributed by atoms with Gasteiger partial charge < -0.3 is 23.7 Å². The molecule has 2 saturated heterocycles. The Bertz CT molecular complexity index is 268. The topological polar surface area (TPSA) is 63.2 Å². The summed E-state index contributed by atoms with van der Waals surface area (Å²) in [5.41, 5.74) is 0. The first-order valence-corrected chi connectivity index (χ1v) is 5.27. The van der Waals surface area contributed by atoms with Gasteiger partial charge in [0.2, 0.25) is 0 Å². The minimum absolute atomic E-state index is 0.288. The molecule has 2 heterocycles. The van der Waals surface area contributed by atoms with Gasteiger partial charge >= 0.3 is 5.97 Å². The van der Waals surface area contributed by atoms with Gasteiger partial charge in [-0.1, -0.05) is 0 Å². The third-order valence-electron chi connectivity index (χ3n) is 2.65. The van der Waals surface area contributed by atoms with Gasteiger partial charge in [-0.3, -0.25) is 0 Å². The van der Waals surface area contributed by atoms with E-state index in [-0.39, 0.29) is 12.4 Å². The Kier molecular flexibility index (Phi) is 3.44. The number of ether oxygens (including phenoxy) is 5. The molecule has 0 N–H and O–H groups in total. The van der Waals surface area contributed by atoms with Crippen molar-refractivity contribution in [2.24, 2.45) is 0 Å². The van der Waals surface area contributed by atoms with Gasteiger partial charge in [0.1, 0.15) is 12.2 Å². The number of carbonyl (C=O) groups is 1. The Morgan fingerprint density at radius 1 is 1.19 bits per heavy atom. The predicted molar refractivity (Wildman–Crippen MR) is 51.5 cm³/mol. The lowest BCUT2D eigenvalue weighted by atomic mass is 10.1. The molecule has 0 radical (unpaired) electrons. The number of methoxy groups -OCH3 is 1. The van der Waals surface area contributed by atoms with E-state index in [9.17, 15) is 4.79 Å². The Labute approximate surface area is 93.7 Å². The third-order valence-corrected chi connectivity index (χ3v) is 2.65. The lowest BCUT2D eigenvalue weighted by molar-refractivity contribution is -0.346. The average Bonchev–Trinajstić information content (AvgIpc) is 2.27. The van der Waals surface area contributed by atoms with Crippen LogP contribution in [0.1, 0.15) is 13.8 Å². The molecule has 2 aliphatic rings. The maximum Gasteiger partial charge on any atom is 0.337 e. The summed E-state index contributed by atoms with van der Waals surface area (Å²) in [6.45, 7) is 3.89. The van der Waals surface area contributed by atoms with E-state index in [1.165, 1.54) is 7.11 Å². The lowest BCUT2D eigenvalue weighted by Crippen LogP contribution is -2.59. The normalized spacial score (nSPS) is 43.6. The van der Waals surface area contributed by atoms with E-state index >= 15 is 0 Å². The van der Waals surface area contributed by atoms with Gasteiger partial charge in [0, 0.05) is 0 Å². The van der Waals surface area contributed by atoms with Gasteiger partial charge in [-0.2, -0.15) is 0 Å². The molecule has 2 aliphatic heterocycles. The number of rotatable bonds is 1. The van der Waals surface area contributed by atoms with Crippen LogP contribution in [0.2, 0.25) is 0 Å². The van der Waals surface area contributed by atoms with Crippen LogP contribution in [0.15, 0.2) is 0 Å². The number of esters is 1. The molecule has 0 aliphatic carbocycles. The van der Waals surface area contributed by atoms with Gasteiger partial charge in [-0.15, -0.1) is 0 Å². The van der Waals surface area contributed by atoms with Crippen molar-refractivity contribution in [3.05, 3.63) is 0 Å². The highest BCUT2D eigenvalue weighted by Crippen LogP contribution is 2.27. The molecule has 16 heavy (non-hydrogen) atoms. The molecule has 92 valence electrons. The van der Waals surface area contributed by atoms with Gasteiger partial charge in [0.05, 0.1) is 13.7 Å². The maximum atomic E-state index is 11.6. The standard InChI is InChI=1S/C10H16O6/c1-5-13-4-7-8(15-5)9(10(11)12-3)16-6(2)14-7/h5-9H,4H2,1-3H3/t5-,6+,7+,8+,9+/m0/s1. The molecule has 0 aromatic carbocycles. The summed E-state index contributed by atoms with van der Waals surface area (Å²) in [6.07, 6.45) is -2.33. The van der Waals surface area contributed by atoms with Gasteiger partial charge in [-0.05, 0) is 13.8 Å². The van der Waals surface area contributed by atoms with E-state index in [1.807, 2.05) is 0 Å². The van der Waals surface area contributed by atoms with Crippen molar-refractivity contribution in [1.82, 2.24) is 0 Å². The fraction of sp³-hybridized carbons (Fsp3) is 0.900. The van der Waals surface area contributed by atoms with E-state index in [0.29, 0.717) is 6.61 Å². The van der Waals surface area contributed by atoms with Crippen molar-refractivity contribution < 1.29 is 28.5 Å². The monoisotopic (exact) mass is 232 g/mol. The Hall–Kier alpha value is -0.690.